The zero-order valence-corrected chi connectivity index (χ0v) is 9.63. The van der Waals surface area contributed by atoms with E-state index in [1.165, 1.54) is 6.07 Å². The number of alkyl halides is 2. The molecule has 2 rings (SSSR count). The molecule has 0 aromatic heterocycles. The molecule has 98 valence electrons. The van der Waals surface area contributed by atoms with E-state index < -0.39 is 23.2 Å². The molecule has 1 N–H and O–H groups in total. The Morgan fingerprint density at radius 3 is 2.56 bits per heavy atom. The number of carbonyl (C=O) groups is 1. The molecule has 0 radical (unpaired) electrons. The third kappa shape index (κ3) is 2.48. The maximum Gasteiger partial charge on any atom is 0.350 e. The summed E-state index contributed by atoms with van der Waals surface area (Å²) in [6.07, 6.45) is 0. The van der Waals surface area contributed by atoms with Crippen molar-refractivity contribution in [2.75, 3.05) is 26.2 Å². The predicted molar refractivity (Wildman–Crippen MR) is 59.7 cm³/mol. The lowest BCUT2D eigenvalue weighted by molar-refractivity contribution is -0.159. The number of carbonyl (C=O) groups excluding carboxylic acids is 1. The molecule has 1 saturated heterocycles. The van der Waals surface area contributed by atoms with Crippen LogP contribution in [0.15, 0.2) is 24.3 Å². The average molecular weight is 258 g/mol. The number of halogens is 3. The lowest BCUT2D eigenvalue weighted by atomic mass is 10.1. The smallest absolute Gasteiger partial charge is 0.335 e. The number of rotatable bonds is 2. The number of benzene rings is 1. The fourth-order valence-electron chi connectivity index (χ4n) is 1.87. The summed E-state index contributed by atoms with van der Waals surface area (Å²) < 4.78 is 40.8. The Labute approximate surface area is 103 Å². The van der Waals surface area contributed by atoms with Gasteiger partial charge >= 0.3 is 5.92 Å². The van der Waals surface area contributed by atoms with Crippen molar-refractivity contribution >= 4 is 5.91 Å². The largest absolute Gasteiger partial charge is 0.350 e. The summed E-state index contributed by atoms with van der Waals surface area (Å²) in [7, 11) is 0. The van der Waals surface area contributed by atoms with Crippen LogP contribution in [0.1, 0.15) is 5.56 Å². The average Bonchev–Trinajstić information content (AvgIpc) is 2.39. The van der Waals surface area contributed by atoms with Gasteiger partial charge in [-0.3, -0.25) is 4.79 Å². The zero-order chi connectivity index (χ0) is 13.2. The minimum Gasteiger partial charge on any atom is -0.335 e. The van der Waals surface area contributed by atoms with Crippen LogP contribution in [0.4, 0.5) is 13.2 Å². The molecule has 1 aliphatic heterocycles. The van der Waals surface area contributed by atoms with E-state index >= 15 is 0 Å². The Bertz CT molecular complexity index is 445. The van der Waals surface area contributed by atoms with Crippen molar-refractivity contribution in [2.45, 2.75) is 5.92 Å². The highest BCUT2D eigenvalue weighted by Crippen LogP contribution is 2.30. The van der Waals surface area contributed by atoms with Crippen LogP contribution < -0.4 is 5.32 Å². The first-order chi connectivity index (χ1) is 8.51. The molecule has 0 spiro atoms. The number of amides is 1. The van der Waals surface area contributed by atoms with E-state index in [0.29, 0.717) is 19.2 Å². The van der Waals surface area contributed by atoms with Crippen molar-refractivity contribution in [3.05, 3.63) is 35.6 Å². The van der Waals surface area contributed by atoms with E-state index in [1.54, 1.807) is 0 Å². The maximum absolute atomic E-state index is 13.9. The van der Waals surface area contributed by atoms with Gasteiger partial charge in [-0.15, -0.1) is 0 Å². The van der Waals surface area contributed by atoms with E-state index in [4.69, 9.17) is 0 Å². The predicted octanol–water partition coefficient (Wildman–Crippen LogP) is 1.35. The molecule has 0 bridgehead atoms. The van der Waals surface area contributed by atoms with Gasteiger partial charge < -0.3 is 10.2 Å². The van der Waals surface area contributed by atoms with E-state index in [-0.39, 0.29) is 13.1 Å². The molecular weight excluding hydrogens is 245 g/mol. The van der Waals surface area contributed by atoms with Crippen molar-refractivity contribution in [1.29, 1.82) is 0 Å². The number of piperazine rings is 1. The molecule has 0 atom stereocenters. The van der Waals surface area contributed by atoms with Crippen molar-refractivity contribution < 1.29 is 18.0 Å². The minimum atomic E-state index is -3.68. The van der Waals surface area contributed by atoms with Gasteiger partial charge in [0, 0.05) is 31.7 Å². The van der Waals surface area contributed by atoms with Gasteiger partial charge in [0.15, 0.2) is 0 Å². The Balaban J connectivity index is 2.21. The molecule has 1 aliphatic rings. The van der Waals surface area contributed by atoms with Crippen LogP contribution in [0.25, 0.3) is 0 Å². The molecule has 0 unspecified atom stereocenters. The second kappa shape index (κ2) is 4.97. The van der Waals surface area contributed by atoms with Crippen LogP contribution in [0.2, 0.25) is 0 Å². The van der Waals surface area contributed by atoms with Crippen LogP contribution in [-0.2, 0) is 10.7 Å². The number of nitrogens with zero attached hydrogens (tertiary/aromatic N) is 1. The molecule has 3 nitrogen and oxygen atoms in total. The lowest BCUT2D eigenvalue weighted by Gasteiger charge is -2.30. The van der Waals surface area contributed by atoms with Crippen LogP contribution in [0.3, 0.4) is 0 Å². The Morgan fingerprint density at radius 1 is 1.28 bits per heavy atom. The molecular formula is C12H13F3N2O. The normalized spacial score (nSPS) is 16.7. The van der Waals surface area contributed by atoms with Crippen molar-refractivity contribution in [1.82, 2.24) is 10.2 Å². The molecule has 1 aromatic carbocycles. The van der Waals surface area contributed by atoms with Gasteiger partial charge in [-0.2, -0.15) is 8.78 Å². The SMILES string of the molecule is O=C(N1CCNCC1)C(F)(F)c1cccc(F)c1. The van der Waals surface area contributed by atoms with Crippen molar-refractivity contribution in [2.24, 2.45) is 0 Å². The van der Waals surface area contributed by atoms with Gasteiger partial charge in [-0.25, -0.2) is 4.39 Å². The van der Waals surface area contributed by atoms with Gasteiger partial charge in [0.2, 0.25) is 0 Å². The van der Waals surface area contributed by atoms with Crippen molar-refractivity contribution in [3.8, 4) is 0 Å². The summed E-state index contributed by atoms with van der Waals surface area (Å²) in [5, 5.41) is 2.97. The number of nitrogens with one attached hydrogen (secondary N) is 1. The van der Waals surface area contributed by atoms with Gasteiger partial charge in [0.25, 0.3) is 5.91 Å². The molecule has 0 aliphatic carbocycles. The monoisotopic (exact) mass is 258 g/mol. The summed E-state index contributed by atoms with van der Waals surface area (Å²) in [4.78, 5) is 12.9. The minimum absolute atomic E-state index is 0.240. The van der Waals surface area contributed by atoms with Crippen molar-refractivity contribution in [3.63, 3.8) is 0 Å². The number of hydrogen-bond acceptors (Lipinski definition) is 2. The first kappa shape index (κ1) is 12.9. The quantitative estimate of drug-likeness (QED) is 0.868. The highest BCUT2D eigenvalue weighted by molar-refractivity contribution is 5.85. The van der Waals surface area contributed by atoms with Gasteiger partial charge in [0.1, 0.15) is 5.82 Å². The molecule has 1 aromatic rings. The zero-order valence-electron chi connectivity index (χ0n) is 9.63. The first-order valence-electron chi connectivity index (χ1n) is 5.66. The second-order valence-corrected chi connectivity index (χ2v) is 4.13. The van der Waals surface area contributed by atoms with E-state index in [1.807, 2.05) is 0 Å². The summed E-state index contributed by atoms with van der Waals surface area (Å²) in [5.41, 5.74) is -0.606. The third-order valence-corrected chi connectivity index (χ3v) is 2.86. The van der Waals surface area contributed by atoms with Crippen LogP contribution in [0.5, 0.6) is 0 Å². The fraction of sp³-hybridized carbons (Fsp3) is 0.417. The fourth-order valence-corrected chi connectivity index (χ4v) is 1.87. The maximum atomic E-state index is 13.9. The molecule has 18 heavy (non-hydrogen) atoms. The van der Waals surface area contributed by atoms with Gasteiger partial charge in [-0.05, 0) is 12.1 Å². The van der Waals surface area contributed by atoms with Gasteiger partial charge in [-0.1, -0.05) is 12.1 Å². The van der Waals surface area contributed by atoms with Crippen LogP contribution >= 0.6 is 0 Å². The molecule has 6 heteroatoms. The molecule has 1 heterocycles. The Morgan fingerprint density at radius 2 is 1.94 bits per heavy atom. The summed E-state index contributed by atoms with van der Waals surface area (Å²) in [5.74, 6) is -5.73. The highest BCUT2D eigenvalue weighted by Gasteiger charge is 2.44. The van der Waals surface area contributed by atoms with Gasteiger partial charge in [0.05, 0.1) is 0 Å². The van der Waals surface area contributed by atoms with Crippen LogP contribution in [-0.4, -0.2) is 37.0 Å². The lowest BCUT2D eigenvalue weighted by Crippen LogP contribution is -2.51. The Kier molecular flexibility index (Phi) is 3.56. The first-order valence-corrected chi connectivity index (χ1v) is 5.66. The summed E-state index contributed by atoms with van der Waals surface area (Å²) >= 11 is 0. The highest BCUT2D eigenvalue weighted by atomic mass is 19.3. The molecule has 1 fully saturated rings. The Hall–Kier alpha value is -1.56. The third-order valence-electron chi connectivity index (χ3n) is 2.86. The van der Waals surface area contributed by atoms with E-state index in [9.17, 15) is 18.0 Å². The molecule has 1 amide bonds. The topological polar surface area (TPSA) is 32.3 Å². The van der Waals surface area contributed by atoms with Crippen LogP contribution in [0, 0.1) is 5.82 Å². The number of hydrogen-bond donors (Lipinski definition) is 1. The summed E-state index contributed by atoms with van der Waals surface area (Å²) in [6, 6.07) is 3.99. The summed E-state index contributed by atoms with van der Waals surface area (Å²) in [6.45, 7) is 1.46. The van der Waals surface area contributed by atoms with E-state index in [0.717, 1.165) is 17.0 Å². The molecule has 0 saturated carbocycles. The second-order valence-electron chi connectivity index (χ2n) is 4.13. The van der Waals surface area contributed by atoms with E-state index in [2.05, 4.69) is 5.32 Å². The standard InChI is InChI=1S/C12H13F3N2O/c13-10-3-1-2-9(8-10)12(14,15)11(18)17-6-4-16-5-7-17/h1-3,8,16H,4-7H2.